The van der Waals surface area contributed by atoms with E-state index in [1.165, 1.54) is 6.34 Å². The molecule has 1 aromatic heterocycles. The summed E-state index contributed by atoms with van der Waals surface area (Å²) in [5.41, 5.74) is 1.17. The van der Waals surface area contributed by atoms with Crippen LogP contribution in [0.25, 0.3) is 0 Å². The van der Waals surface area contributed by atoms with Gasteiger partial charge in [0.2, 0.25) is 0 Å². The van der Waals surface area contributed by atoms with Crippen LogP contribution in [-0.4, -0.2) is 22.8 Å². The van der Waals surface area contributed by atoms with E-state index in [0.717, 1.165) is 23.8 Å². The molecule has 17 heavy (non-hydrogen) atoms. The second kappa shape index (κ2) is 4.90. The third-order valence-corrected chi connectivity index (χ3v) is 2.75. The van der Waals surface area contributed by atoms with Crippen LogP contribution >= 0.6 is 0 Å². The molecule has 1 aromatic rings. The van der Waals surface area contributed by atoms with Gasteiger partial charge in [-0.05, 0) is 25.3 Å². The molecule has 0 bridgehead atoms. The van der Waals surface area contributed by atoms with Crippen molar-refractivity contribution >= 4 is 12.6 Å². The minimum Gasteiger partial charge on any atom is -0.303 e. The van der Waals surface area contributed by atoms with Crippen LogP contribution < -0.4 is 0 Å². The van der Waals surface area contributed by atoms with Crippen molar-refractivity contribution in [2.75, 3.05) is 0 Å². The van der Waals surface area contributed by atoms with Crippen molar-refractivity contribution in [1.29, 1.82) is 0 Å². The SMILES string of the molecule is Cc1cnncc1C1(CCCC=O)N=CN=N1. The molecule has 0 fully saturated rings. The lowest BCUT2D eigenvalue weighted by atomic mass is 9.94. The molecule has 0 saturated heterocycles. The Morgan fingerprint density at radius 3 is 2.82 bits per heavy atom. The fraction of sp³-hybridized carbons (Fsp3) is 0.455. The maximum Gasteiger partial charge on any atom is 0.199 e. The summed E-state index contributed by atoms with van der Waals surface area (Å²) in [7, 11) is 0. The van der Waals surface area contributed by atoms with Crippen molar-refractivity contribution in [2.45, 2.75) is 31.8 Å². The van der Waals surface area contributed by atoms with Crippen LogP contribution in [0.3, 0.4) is 0 Å². The van der Waals surface area contributed by atoms with Gasteiger partial charge in [0.1, 0.15) is 12.6 Å². The third kappa shape index (κ3) is 2.25. The van der Waals surface area contributed by atoms with Crippen molar-refractivity contribution < 1.29 is 4.79 Å². The van der Waals surface area contributed by atoms with Gasteiger partial charge in [-0.1, -0.05) is 0 Å². The maximum absolute atomic E-state index is 10.4. The smallest absolute Gasteiger partial charge is 0.199 e. The summed E-state index contributed by atoms with van der Waals surface area (Å²) in [6, 6.07) is 0. The van der Waals surface area contributed by atoms with E-state index in [9.17, 15) is 4.79 Å². The number of aryl methyl sites for hydroxylation is 1. The average molecular weight is 231 g/mol. The van der Waals surface area contributed by atoms with E-state index in [0.29, 0.717) is 12.8 Å². The van der Waals surface area contributed by atoms with Crippen molar-refractivity contribution in [3.8, 4) is 0 Å². The molecule has 0 spiro atoms. The molecular formula is C11H13N5O. The number of unbranched alkanes of at least 4 members (excludes halogenated alkanes) is 1. The predicted molar refractivity (Wildman–Crippen MR) is 61.7 cm³/mol. The van der Waals surface area contributed by atoms with Crippen LogP contribution in [0.5, 0.6) is 0 Å². The van der Waals surface area contributed by atoms with Gasteiger partial charge in [0.05, 0.1) is 12.4 Å². The molecule has 0 saturated carbocycles. The highest BCUT2D eigenvalue weighted by Gasteiger charge is 2.34. The first-order valence-corrected chi connectivity index (χ1v) is 5.45. The number of aldehydes is 1. The number of azo groups is 1. The maximum atomic E-state index is 10.4. The summed E-state index contributed by atoms with van der Waals surface area (Å²) in [6.07, 6.45) is 7.57. The third-order valence-electron chi connectivity index (χ3n) is 2.75. The van der Waals surface area contributed by atoms with Gasteiger partial charge in [0.25, 0.3) is 0 Å². The van der Waals surface area contributed by atoms with Gasteiger partial charge < -0.3 is 4.79 Å². The number of rotatable bonds is 5. The van der Waals surface area contributed by atoms with Gasteiger partial charge in [-0.15, -0.1) is 5.11 Å². The fourth-order valence-corrected chi connectivity index (χ4v) is 1.87. The molecule has 6 heteroatoms. The van der Waals surface area contributed by atoms with Gasteiger partial charge in [-0.3, -0.25) is 0 Å². The lowest BCUT2D eigenvalue weighted by molar-refractivity contribution is -0.108. The van der Waals surface area contributed by atoms with E-state index >= 15 is 0 Å². The first-order valence-electron chi connectivity index (χ1n) is 5.45. The Morgan fingerprint density at radius 1 is 1.35 bits per heavy atom. The van der Waals surface area contributed by atoms with E-state index in [4.69, 9.17) is 0 Å². The minimum atomic E-state index is -0.705. The predicted octanol–water partition coefficient (Wildman–Crippen LogP) is 1.80. The first-order chi connectivity index (χ1) is 8.28. The molecule has 1 aliphatic rings. The summed E-state index contributed by atoms with van der Waals surface area (Å²) in [5.74, 6) is 0. The lowest BCUT2D eigenvalue weighted by Crippen LogP contribution is -2.21. The Hall–Kier alpha value is -1.98. The summed E-state index contributed by atoms with van der Waals surface area (Å²) >= 11 is 0. The number of hydrogen-bond donors (Lipinski definition) is 0. The largest absolute Gasteiger partial charge is 0.303 e. The van der Waals surface area contributed by atoms with Crippen molar-refractivity contribution in [1.82, 2.24) is 10.2 Å². The highest BCUT2D eigenvalue weighted by Crippen LogP contribution is 2.36. The molecule has 1 atom stereocenters. The molecule has 0 N–H and O–H groups in total. The van der Waals surface area contributed by atoms with Gasteiger partial charge >= 0.3 is 0 Å². The zero-order chi connectivity index (χ0) is 12.1. The zero-order valence-corrected chi connectivity index (χ0v) is 9.58. The first kappa shape index (κ1) is 11.5. The van der Waals surface area contributed by atoms with Crippen LogP contribution in [0.2, 0.25) is 0 Å². The molecule has 0 aromatic carbocycles. The number of aliphatic imine (C=N–C) groups is 1. The normalized spacial score (nSPS) is 21.9. The Morgan fingerprint density at radius 2 is 2.18 bits per heavy atom. The average Bonchev–Trinajstić information content (AvgIpc) is 2.80. The summed E-state index contributed by atoms with van der Waals surface area (Å²) < 4.78 is 0. The molecule has 2 heterocycles. The second-order valence-corrected chi connectivity index (χ2v) is 3.92. The Bertz CT molecular complexity index is 457. The summed E-state index contributed by atoms with van der Waals surface area (Å²) in [4.78, 5) is 14.7. The standard InChI is InChI=1S/C11H13N5O/c1-9-6-13-14-7-10(9)11(4-2-3-5-17)12-8-15-16-11/h5-8H,2-4H2,1H3. The van der Waals surface area contributed by atoms with Crippen LogP contribution in [0, 0.1) is 6.92 Å². The molecule has 0 amide bonds. The Labute approximate surface area is 98.9 Å². The summed E-state index contributed by atoms with van der Waals surface area (Å²) in [6.45, 7) is 1.94. The van der Waals surface area contributed by atoms with Crippen LogP contribution in [-0.2, 0) is 10.5 Å². The number of carbonyl (C=O) groups is 1. The second-order valence-electron chi connectivity index (χ2n) is 3.92. The Kier molecular flexibility index (Phi) is 3.32. The van der Waals surface area contributed by atoms with Gasteiger partial charge in [-0.25, -0.2) is 4.99 Å². The monoisotopic (exact) mass is 231 g/mol. The topological polar surface area (TPSA) is 79.9 Å². The molecule has 2 rings (SSSR count). The van der Waals surface area contributed by atoms with Gasteiger partial charge in [0, 0.05) is 12.0 Å². The van der Waals surface area contributed by atoms with Crippen molar-refractivity contribution in [3.05, 3.63) is 23.5 Å². The van der Waals surface area contributed by atoms with E-state index in [-0.39, 0.29) is 0 Å². The molecule has 0 aliphatic carbocycles. The van der Waals surface area contributed by atoms with Crippen LogP contribution in [0.15, 0.2) is 27.6 Å². The minimum absolute atomic E-state index is 0.504. The van der Waals surface area contributed by atoms with Crippen molar-refractivity contribution in [3.63, 3.8) is 0 Å². The highest BCUT2D eigenvalue weighted by molar-refractivity contribution is 5.58. The Balaban J connectivity index is 2.29. The number of nitrogens with zero attached hydrogens (tertiary/aromatic N) is 5. The van der Waals surface area contributed by atoms with E-state index < -0.39 is 5.66 Å². The van der Waals surface area contributed by atoms with Crippen LogP contribution in [0.4, 0.5) is 0 Å². The number of carbonyl (C=O) groups excluding carboxylic acids is 1. The number of hydrogen-bond acceptors (Lipinski definition) is 6. The molecule has 88 valence electrons. The fourth-order valence-electron chi connectivity index (χ4n) is 1.87. The summed E-state index contributed by atoms with van der Waals surface area (Å²) in [5, 5.41) is 15.7. The molecule has 1 aliphatic heterocycles. The van der Waals surface area contributed by atoms with E-state index in [2.05, 4.69) is 25.4 Å². The van der Waals surface area contributed by atoms with Gasteiger partial charge in [0.15, 0.2) is 5.66 Å². The van der Waals surface area contributed by atoms with Crippen molar-refractivity contribution in [2.24, 2.45) is 15.2 Å². The number of aromatic nitrogens is 2. The highest BCUT2D eigenvalue weighted by atomic mass is 16.1. The van der Waals surface area contributed by atoms with E-state index in [1.807, 2.05) is 6.92 Å². The quantitative estimate of drug-likeness (QED) is 0.572. The molecule has 1 unspecified atom stereocenters. The molecule has 0 radical (unpaired) electrons. The molecular weight excluding hydrogens is 218 g/mol. The van der Waals surface area contributed by atoms with Crippen LogP contribution in [0.1, 0.15) is 30.4 Å². The van der Waals surface area contributed by atoms with Gasteiger partial charge in [-0.2, -0.15) is 15.3 Å². The van der Waals surface area contributed by atoms with E-state index in [1.54, 1.807) is 12.4 Å². The zero-order valence-electron chi connectivity index (χ0n) is 9.58. The lowest BCUT2D eigenvalue weighted by Gasteiger charge is -2.22. The molecule has 6 nitrogen and oxygen atoms in total.